The maximum Gasteiger partial charge on any atom is 0.258 e. The Morgan fingerprint density at radius 2 is 2.17 bits per heavy atom. The standard InChI is InChI=1S/C20H21ClFN5O3/c1-10-3-2-6-27(9-10)20-25-17-16(19(30)26-20)12(8-15(28)24-17)18(29)23-11-4-5-14(22)13(21)7-11/h4-5,7,10,12H,2-3,6,8-9H2,1H3,(H,23,29)(H2,24,25,26,28,30)/t10-,12-/m0/s1. The van der Waals surface area contributed by atoms with Crippen LogP contribution < -0.4 is 21.1 Å². The average Bonchev–Trinajstić information content (AvgIpc) is 2.69. The molecule has 1 aromatic heterocycles. The lowest BCUT2D eigenvalue weighted by Gasteiger charge is -2.32. The van der Waals surface area contributed by atoms with Gasteiger partial charge in [-0.05, 0) is 37.0 Å². The van der Waals surface area contributed by atoms with Gasteiger partial charge in [-0.25, -0.2) is 4.39 Å². The Hall–Kier alpha value is -2.94. The number of benzene rings is 1. The van der Waals surface area contributed by atoms with Crippen molar-refractivity contribution in [2.75, 3.05) is 28.6 Å². The SMILES string of the molecule is C[C@H]1CCCN(c2nc3c(c(=O)[nH]2)[C@@H](C(=O)Nc2ccc(F)c(Cl)c2)CC(=O)N3)C1. The molecule has 8 nitrogen and oxygen atoms in total. The first-order chi connectivity index (χ1) is 14.3. The van der Waals surface area contributed by atoms with E-state index in [1.165, 1.54) is 12.1 Å². The van der Waals surface area contributed by atoms with Crippen LogP contribution in [-0.4, -0.2) is 34.9 Å². The molecule has 2 aromatic rings. The number of hydrogen-bond donors (Lipinski definition) is 3. The normalized spacial score (nSPS) is 21.0. The van der Waals surface area contributed by atoms with E-state index in [2.05, 4.69) is 27.5 Å². The Morgan fingerprint density at radius 3 is 2.90 bits per heavy atom. The van der Waals surface area contributed by atoms with Crippen molar-refractivity contribution in [3.63, 3.8) is 0 Å². The molecule has 2 amide bonds. The third kappa shape index (κ3) is 4.02. The van der Waals surface area contributed by atoms with Gasteiger partial charge in [0.2, 0.25) is 17.8 Å². The number of H-pyrrole nitrogens is 1. The Kier molecular flexibility index (Phi) is 5.46. The Morgan fingerprint density at radius 1 is 1.37 bits per heavy atom. The van der Waals surface area contributed by atoms with E-state index in [0.29, 0.717) is 11.9 Å². The lowest BCUT2D eigenvalue weighted by molar-refractivity contribution is -0.123. The van der Waals surface area contributed by atoms with E-state index in [0.717, 1.165) is 32.0 Å². The third-order valence-electron chi connectivity index (χ3n) is 5.40. The number of rotatable bonds is 3. The van der Waals surface area contributed by atoms with Crippen LogP contribution >= 0.6 is 11.6 Å². The summed E-state index contributed by atoms with van der Waals surface area (Å²) in [6, 6.07) is 3.74. The zero-order valence-corrected chi connectivity index (χ0v) is 17.1. The number of aromatic nitrogens is 2. The monoisotopic (exact) mass is 433 g/mol. The van der Waals surface area contributed by atoms with Crippen LogP contribution in [0.3, 0.4) is 0 Å². The van der Waals surface area contributed by atoms with Crippen LogP contribution in [0.5, 0.6) is 0 Å². The summed E-state index contributed by atoms with van der Waals surface area (Å²) in [5.41, 5.74) is -0.0955. The molecular weight excluding hydrogens is 413 g/mol. The van der Waals surface area contributed by atoms with Gasteiger partial charge in [0.1, 0.15) is 11.6 Å². The summed E-state index contributed by atoms with van der Waals surface area (Å²) >= 11 is 5.75. The van der Waals surface area contributed by atoms with Crippen molar-refractivity contribution in [3.8, 4) is 0 Å². The predicted octanol–water partition coefficient (Wildman–Crippen LogP) is 2.86. The largest absolute Gasteiger partial charge is 0.342 e. The van der Waals surface area contributed by atoms with Gasteiger partial charge in [-0.1, -0.05) is 18.5 Å². The fourth-order valence-electron chi connectivity index (χ4n) is 3.92. The maximum absolute atomic E-state index is 13.4. The Bertz CT molecular complexity index is 1070. The molecule has 1 aromatic carbocycles. The summed E-state index contributed by atoms with van der Waals surface area (Å²) in [5, 5.41) is 5.06. The van der Waals surface area contributed by atoms with Crippen LogP contribution in [0, 0.1) is 11.7 Å². The highest BCUT2D eigenvalue weighted by Gasteiger charge is 2.35. The summed E-state index contributed by atoms with van der Waals surface area (Å²) < 4.78 is 13.4. The molecule has 4 rings (SSSR count). The smallest absolute Gasteiger partial charge is 0.258 e. The topological polar surface area (TPSA) is 107 Å². The molecule has 2 atom stereocenters. The predicted molar refractivity (Wildman–Crippen MR) is 111 cm³/mol. The fraction of sp³-hybridized carbons (Fsp3) is 0.400. The van der Waals surface area contributed by atoms with E-state index in [9.17, 15) is 18.8 Å². The molecule has 0 saturated carbocycles. The molecule has 3 heterocycles. The number of halogens is 2. The van der Waals surface area contributed by atoms with Gasteiger partial charge in [0.05, 0.1) is 16.5 Å². The highest BCUT2D eigenvalue weighted by molar-refractivity contribution is 6.31. The molecule has 158 valence electrons. The van der Waals surface area contributed by atoms with Crippen molar-refractivity contribution in [1.29, 1.82) is 0 Å². The first-order valence-corrected chi connectivity index (χ1v) is 10.1. The van der Waals surface area contributed by atoms with Gasteiger partial charge in [-0.3, -0.25) is 19.4 Å². The lowest BCUT2D eigenvalue weighted by Crippen LogP contribution is -2.40. The number of anilines is 3. The van der Waals surface area contributed by atoms with Crippen LogP contribution in [0.25, 0.3) is 0 Å². The number of fused-ring (bicyclic) bond motifs is 1. The number of carbonyl (C=O) groups excluding carboxylic acids is 2. The first-order valence-electron chi connectivity index (χ1n) is 9.76. The van der Waals surface area contributed by atoms with Crippen LogP contribution in [0.1, 0.15) is 37.7 Å². The molecule has 2 aliphatic heterocycles. The van der Waals surface area contributed by atoms with E-state index in [1.807, 2.05) is 4.90 Å². The highest BCUT2D eigenvalue weighted by atomic mass is 35.5. The number of nitrogens with one attached hydrogen (secondary N) is 3. The first kappa shape index (κ1) is 20.3. The van der Waals surface area contributed by atoms with Gasteiger partial charge < -0.3 is 15.5 Å². The molecule has 0 spiro atoms. The molecule has 0 bridgehead atoms. The van der Waals surface area contributed by atoms with E-state index in [-0.39, 0.29) is 28.5 Å². The van der Waals surface area contributed by atoms with E-state index in [1.54, 1.807) is 0 Å². The fourth-order valence-corrected chi connectivity index (χ4v) is 4.10. The molecule has 0 aliphatic carbocycles. The van der Waals surface area contributed by atoms with Crippen molar-refractivity contribution in [2.45, 2.75) is 32.1 Å². The lowest BCUT2D eigenvalue weighted by atomic mass is 9.92. The maximum atomic E-state index is 13.4. The van der Waals surface area contributed by atoms with Crippen LogP contribution in [0.15, 0.2) is 23.0 Å². The second-order valence-corrected chi connectivity index (χ2v) is 8.18. The zero-order valence-electron chi connectivity index (χ0n) is 16.3. The summed E-state index contributed by atoms with van der Waals surface area (Å²) in [6.45, 7) is 3.65. The molecule has 0 radical (unpaired) electrons. The number of hydrogen-bond acceptors (Lipinski definition) is 5. The van der Waals surface area contributed by atoms with Crippen molar-refractivity contribution >= 4 is 40.9 Å². The van der Waals surface area contributed by atoms with Crippen molar-refractivity contribution in [2.24, 2.45) is 5.92 Å². The highest BCUT2D eigenvalue weighted by Crippen LogP contribution is 2.31. The van der Waals surface area contributed by atoms with Gasteiger partial charge in [-0.15, -0.1) is 0 Å². The molecule has 30 heavy (non-hydrogen) atoms. The minimum absolute atomic E-state index is 0.0977. The van der Waals surface area contributed by atoms with Crippen LogP contribution in [0.2, 0.25) is 5.02 Å². The van der Waals surface area contributed by atoms with E-state index in [4.69, 9.17) is 11.6 Å². The van der Waals surface area contributed by atoms with Crippen molar-refractivity contribution in [3.05, 3.63) is 45.0 Å². The molecule has 1 saturated heterocycles. The van der Waals surface area contributed by atoms with Gasteiger partial charge >= 0.3 is 0 Å². The second kappa shape index (κ2) is 8.06. The molecule has 1 fully saturated rings. The number of aromatic amines is 1. The minimum Gasteiger partial charge on any atom is -0.342 e. The van der Waals surface area contributed by atoms with Crippen LogP contribution in [-0.2, 0) is 9.59 Å². The zero-order chi connectivity index (χ0) is 21.4. The average molecular weight is 434 g/mol. The minimum atomic E-state index is -1.02. The van der Waals surface area contributed by atoms with Gasteiger partial charge in [0, 0.05) is 25.2 Å². The molecule has 0 unspecified atom stereocenters. The Balaban J connectivity index is 1.64. The number of amides is 2. The summed E-state index contributed by atoms with van der Waals surface area (Å²) in [4.78, 5) is 47.1. The van der Waals surface area contributed by atoms with Gasteiger partial charge in [0.15, 0.2) is 0 Å². The molecule has 2 aliphatic rings. The van der Waals surface area contributed by atoms with Crippen molar-refractivity contribution < 1.29 is 14.0 Å². The number of carbonyl (C=O) groups is 2. The third-order valence-corrected chi connectivity index (χ3v) is 5.69. The molecule has 3 N–H and O–H groups in total. The molecular formula is C20H21ClFN5O3. The van der Waals surface area contributed by atoms with Crippen LogP contribution in [0.4, 0.5) is 21.8 Å². The van der Waals surface area contributed by atoms with Gasteiger partial charge in [0.25, 0.3) is 5.56 Å². The summed E-state index contributed by atoms with van der Waals surface area (Å²) in [7, 11) is 0. The summed E-state index contributed by atoms with van der Waals surface area (Å²) in [6.07, 6.45) is 1.90. The van der Waals surface area contributed by atoms with Crippen molar-refractivity contribution in [1.82, 2.24) is 9.97 Å². The number of piperidine rings is 1. The summed E-state index contributed by atoms with van der Waals surface area (Å²) in [5.74, 6) is -1.66. The van der Waals surface area contributed by atoms with E-state index >= 15 is 0 Å². The van der Waals surface area contributed by atoms with E-state index < -0.39 is 29.1 Å². The van der Waals surface area contributed by atoms with Gasteiger partial charge in [-0.2, -0.15) is 4.98 Å². The quantitative estimate of drug-likeness (QED) is 0.690. The molecule has 10 heteroatoms. The Labute approximate surface area is 176 Å². The second-order valence-electron chi connectivity index (χ2n) is 7.77. The number of nitrogens with zero attached hydrogens (tertiary/aromatic N) is 2.